The van der Waals surface area contributed by atoms with E-state index in [1.807, 2.05) is 50.2 Å². The summed E-state index contributed by atoms with van der Waals surface area (Å²) in [6.45, 7) is 4.37. The molecule has 0 aliphatic heterocycles. The highest BCUT2D eigenvalue weighted by molar-refractivity contribution is 14.0. The molecule has 0 aliphatic carbocycles. The molecule has 1 aromatic heterocycles. The van der Waals surface area contributed by atoms with Gasteiger partial charge in [0.15, 0.2) is 11.7 Å². The molecule has 0 bridgehead atoms. The Bertz CT molecular complexity index is 1010. The Labute approximate surface area is 190 Å². The van der Waals surface area contributed by atoms with Gasteiger partial charge in [-0.15, -0.1) is 24.0 Å². The van der Waals surface area contributed by atoms with E-state index in [2.05, 4.69) is 26.8 Å². The van der Waals surface area contributed by atoms with E-state index in [0.29, 0.717) is 12.5 Å². The number of aromatic nitrogens is 2. The molecule has 0 saturated heterocycles. The summed E-state index contributed by atoms with van der Waals surface area (Å²) in [5, 5.41) is 12.2. The first-order chi connectivity index (χ1) is 13.8. The van der Waals surface area contributed by atoms with Crippen molar-refractivity contribution in [1.29, 1.82) is 0 Å². The topological polar surface area (TPSA) is 54.2 Å². The zero-order valence-electron chi connectivity index (χ0n) is 17.0. The van der Waals surface area contributed by atoms with Crippen LogP contribution in [0.2, 0.25) is 0 Å². The molecule has 2 aromatic carbocycles. The van der Waals surface area contributed by atoms with Crippen LogP contribution in [0.5, 0.6) is 0 Å². The molecule has 162 valence electrons. The summed E-state index contributed by atoms with van der Waals surface area (Å²) >= 11 is 0. The van der Waals surface area contributed by atoms with Crippen LogP contribution >= 0.6 is 24.0 Å². The molecule has 0 radical (unpaired) electrons. The number of benzene rings is 2. The lowest BCUT2D eigenvalue weighted by molar-refractivity contribution is -0.142. The number of aliphatic imine (C=N–C) groups is 1. The fraction of sp³-hybridized carbons (Fsp3) is 0.333. The number of hydrogen-bond acceptors (Lipinski definition) is 2. The van der Waals surface area contributed by atoms with Gasteiger partial charge in [0.1, 0.15) is 0 Å². The van der Waals surface area contributed by atoms with E-state index < -0.39 is 11.9 Å². The smallest absolute Gasteiger partial charge is 0.357 e. The zero-order valence-corrected chi connectivity index (χ0v) is 19.3. The maximum Gasteiger partial charge on any atom is 0.435 e. The van der Waals surface area contributed by atoms with Crippen molar-refractivity contribution in [3.8, 4) is 0 Å². The van der Waals surface area contributed by atoms with E-state index in [0.717, 1.165) is 21.0 Å². The average molecular weight is 531 g/mol. The van der Waals surface area contributed by atoms with E-state index in [9.17, 15) is 13.2 Å². The number of alkyl halides is 3. The number of nitrogens with zero attached hydrogens (tertiary/aromatic N) is 3. The standard InChI is InChI=1S/C21H24F3N5.HI/c1-4-25-20(26-12-16-13-29(3)28-19(16)21(22,23)24)27-14(2)17-11-7-9-15-8-5-6-10-18(15)17;/h5-11,13-14H,4,12H2,1-3H3,(H2,25,26,27);1H. The van der Waals surface area contributed by atoms with Crippen LogP contribution in [0.15, 0.2) is 53.7 Å². The Morgan fingerprint density at radius 2 is 1.87 bits per heavy atom. The summed E-state index contributed by atoms with van der Waals surface area (Å²) in [6, 6.07) is 14.1. The van der Waals surface area contributed by atoms with Crippen LogP contribution in [-0.4, -0.2) is 22.3 Å². The van der Waals surface area contributed by atoms with E-state index in [1.165, 1.54) is 13.2 Å². The van der Waals surface area contributed by atoms with Crippen molar-refractivity contribution in [1.82, 2.24) is 20.4 Å². The van der Waals surface area contributed by atoms with E-state index in [-0.39, 0.29) is 42.1 Å². The molecule has 0 fully saturated rings. The van der Waals surface area contributed by atoms with Gasteiger partial charge in [-0.1, -0.05) is 42.5 Å². The Morgan fingerprint density at radius 3 is 2.57 bits per heavy atom. The summed E-state index contributed by atoms with van der Waals surface area (Å²) in [5.41, 5.74) is 0.225. The minimum Gasteiger partial charge on any atom is -0.357 e. The van der Waals surface area contributed by atoms with Gasteiger partial charge in [0.25, 0.3) is 0 Å². The van der Waals surface area contributed by atoms with Gasteiger partial charge in [0.2, 0.25) is 0 Å². The second kappa shape index (κ2) is 10.1. The second-order valence-corrected chi connectivity index (χ2v) is 6.80. The van der Waals surface area contributed by atoms with Gasteiger partial charge in [-0.25, -0.2) is 4.99 Å². The lowest BCUT2D eigenvalue weighted by Gasteiger charge is -2.20. The SMILES string of the molecule is CCNC(=NCc1cn(C)nc1C(F)(F)F)NC(C)c1cccc2ccccc12.I. The Hall–Kier alpha value is -2.30. The van der Waals surface area contributed by atoms with Crippen LogP contribution in [0.3, 0.4) is 0 Å². The second-order valence-electron chi connectivity index (χ2n) is 6.80. The average Bonchev–Trinajstić information content (AvgIpc) is 3.07. The monoisotopic (exact) mass is 531 g/mol. The first-order valence-electron chi connectivity index (χ1n) is 9.41. The summed E-state index contributed by atoms with van der Waals surface area (Å²) in [6.07, 6.45) is -3.15. The summed E-state index contributed by atoms with van der Waals surface area (Å²) in [5.74, 6) is 0.449. The predicted octanol–water partition coefficient (Wildman–Crippen LogP) is 5.03. The molecule has 3 aromatic rings. The minimum absolute atomic E-state index is 0. The van der Waals surface area contributed by atoms with Crippen LogP contribution < -0.4 is 10.6 Å². The van der Waals surface area contributed by atoms with Gasteiger partial charge in [-0.2, -0.15) is 18.3 Å². The third-order valence-corrected chi connectivity index (χ3v) is 4.57. The molecule has 0 saturated carbocycles. The number of rotatable bonds is 5. The van der Waals surface area contributed by atoms with Crippen molar-refractivity contribution >= 4 is 40.7 Å². The molecule has 0 aliphatic rings. The van der Waals surface area contributed by atoms with Crippen molar-refractivity contribution in [2.24, 2.45) is 12.0 Å². The maximum absolute atomic E-state index is 13.2. The van der Waals surface area contributed by atoms with Gasteiger partial charge in [0.05, 0.1) is 12.6 Å². The van der Waals surface area contributed by atoms with Crippen LogP contribution in [-0.2, 0) is 19.8 Å². The molecule has 3 rings (SSSR count). The quantitative estimate of drug-likeness (QED) is 0.276. The van der Waals surface area contributed by atoms with Gasteiger partial charge >= 0.3 is 6.18 Å². The van der Waals surface area contributed by atoms with Crippen LogP contribution in [0.4, 0.5) is 13.2 Å². The molecule has 1 atom stereocenters. The van der Waals surface area contributed by atoms with Gasteiger partial charge in [-0.3, -0.25) is 4.68 Å². The molecular weight excluding hydrogens is 506 g/mol. The first kappa shape index (κ1) is 24.0. The summed E-state index contributed by atoms with van der Waals surface area (Å²) < 4.78 is 40.6. The summed E-state index contributed by atoms with van der Waals surface area (Å²) in [4.78, 5) is 4.36. The van der Waals surface area contributed by atoms with Crippen molar-refractivity contribution in [2.45, 2.75) is 32.6 Å². The van der Waals surface area contributed by atoms with Crippen LogP contribution in [0, 0.1) is 0 Å². The molecular formula is C21H25F3IN5. The van der Waals surface area contributed by atoms with E-state index in [1.54, 1.807) is 0 Å². The maximum atomic E-state index is 13.2. The van der Waals surface area contributed by atoms with Crippen LogP contribution in [0.1, 0.15) is 36.7 Å². The lowest BCUT2D eigenvalue weighted by Crippen LogP contribution is -2.38. The minimum atomic E-state index is -4.51. The molecule has 1 heterocycles. The Balaban J connectivity index is 0.00000320. The predicted molar refractivity (Wildman–Crippen MR) is 124 cm³/mol. The van der Waals surface area contributed by atoms with Gasteiger partial charge in [-0.05, 0) is 30.2 Å². The number of guanidine groups is 1. The molecule has 9 heteroatoms. The zero-order chi connectivity index (χ0) is 21.0. The molecule has 1 unspecified atom stereocenters. The molecule has 2 N–H and O–H groups in total. The van der Waals surface area contributed by atoms with Crippen molar-refractivity contribution in [3.63, 3.8) is 0 Å². The molecule has 30 heavy (non-hydrogen) atoms. The highest BCUT2D eigenvalue weighted by atomic mass is 127. The third kappa shape index (κ3) is 5.65. The van der Waals surface area contributed by atoms with Crippen LogP contribution in [0.25, 0.3) is 10.8 Å². The number of hydrogen-bond donors (Lipinski definition) is 2. The lowest BCUT2D eigenvalue weighted by atomic mass is 10.00. The Kier molecular flexibility index (Phi) is 8.10. The fourth-order valence-electron chi connectivity index (χ4n) is 3.29. The van der Waals surface area contributed by atoms with Crippen molar-refractivity contribution < 1.29 is 13.2 Å². The van der Waals surface area contributed by atoms with Crippen molar-refractivity contribution in [2.75, 3.05) is 6.54 Å². The first-order valence-corrected chi connectivity index (χ1v) is 9.41. The van der Waals surface area contributed by atoms with E-state index in [4.69, 9.17) is 0 Å². The number of aryl methyl sites for hydroxylation is 1. The van der Waals surface area contributed by atoms with Crippen molar-refractivity contribution in [3.05, 3.63) is 65.5 Å². The fourth-order valence-corrected chi connectivity index (χ4v) is 3.29. The molecule has 5 nitrogen and oxygen atoms in total. The highest BCUT2D eigenvalue weighted by Crippen LogP contribution is 2.31. The molecule has 0 spiro atoms. The highest BCUT2D eigenvalue weighted by Gasteiger charge is 2.36. The Morgan fingerprint density at radius 1 is 1.17 bits per heavy atom. The van der Waals surface area contributed by atoms with Gasteiger partial charge in [0, 0.05) is 25.4 Å². The number of fused-ring (bicyclic) bond motifs is 1. The van der Waals surface area contributed by atoms with Gasteiger partial charge < -0.3 is 10.6 Å². The molecule has 0 amide bonds. The summed E-state index contributed by atoms with van der Waals surface area (Å²) in [7, 11) is 1.47. The third-order valence-electron chi connectivity index (χ3n) is 4.57. The number of nitrogens with one attached hydrogen (secondary N) is 2. The number of halogens is 4. The largest absolute Gasteiger partial charge is 0.435 e. The van der Waals surface area contributed by atoms with E-state index >= 15 is 0 Å². The normalized spacial score (nSPS) is 13.1.